The lowest BCUT2D eigenvalue weighted by Gasteiger charge is -2.27. The third-order valence-corrected chi connectivity index (χ3v) is 5.00. The minimum absolute atomic E-state index is 0.0318. The summed E-state index contributed by atoms with van der Waals surface area (Å²) in [5.41, 5.74) is 1.24. The summed E-state index contributed by atoms with van der Waals surface area (Å²) in [5.74, 6) is 1.85. The summed E-state index contributed by atoms with van der Waals surface area (Å²) in [5, 5.41) is 5.57. The number of urea groups is 1. The van der Waals surface area contributed by atoms with Crippen molar-refractivity contribution >= 4 is 29.0 Å². The molecule has 0 aromatic heterocycles. The van der Waals surface area contributed by atoms with E-state index in [1.54, 1.807) is 41.3 Å². The minimum atomic E-state index is -0.626. The number of nitrogens with one attached hydrogen (secondary N) is 2. The molecule has 3 amide bonds. The van der Waals surface area contributed by atoms with Crippen LogP contribution < -0.4 is 29.7 Å². The molecule has 2 aliphatic rings. The molecular weight excluding hydrogens is 386 g/mol. The average molecular weight is 411 g/mol. The highest BCUT2D eigenvalue weighted by Crippen LogP contribution is 2.38. The van der Waals surface area contributed by atoms with Gasteiger partial charge in [-0.05, 0) is 44.5 Å². The Morgan fingerprint density at radius 3 is 2.40 bits per heavy atom. The lowest BCUT2D eigenvalue weighted by atomic mass is 9.93. The fraction of sp³-hybridized carbons (Fsp3) is 0.364. The van der Waals surface area contributed by atoms with Crippen molar-refractivity contribution in [1.82, 2.24) is 0 Å². The molecule has 0 unspecified atom stereocenters. The highest BCUT2D eigenvalue weighted by atomic mass is 16.7. The smallest absolute Gasteiger partial charge is 0.323 e. The number of hydrogen-bond donors (Lipinski definition) is 2. The molecule has 4 rings (SSSR count). The van der Waals surface area contributed by atoms with Gasteiger partial charge in [0.25, 0.3) is 0 Å². The fourth-order valence-corrected chi connectivity index (χ4v) is 3.44. The lowest BCUT2D eigenvalue weighted by Crippen LogP contribution is -2.42. The second kappa shape index (κ2) is 7.78. The summed E-state index contributed by atoms with van der Waals surface area (Å²) in [6.07, 6.45) is 0.833. The number of carbonyl (C=O) groups is 2. The Morgan fingerprint density at radius 1 is 1.00 bits per heavy atom. The van der Waals surface area contributed by atoms with Crippen molar-refractivity contribution < 1.29 is 23.8 Å². The first-order chi connectivity index (χ1) is 14.4. The zero-order valence-corrected chi connectivity index (χ0v) is 17.3. The second-order valence-electron chi connectivity index (χ2n) is 7.96. The van der Waals surface area contributed by atoms with Gasteiger partial charge in [0.2, 0.25) is 12.7 Å². The standard InChI is InChI=1S/C22H25N3O5/c1-4-9-25-16-7-5-14(10-18(16)28-12-22(2,3)20(25)26)23-21(27)24-15-6-8-17-19(11-15)30-13-29-17/h5-8,10-11H,4,9,12-13H2,1-3H3,(H2,23,24,27). The first-order valence-corrected chi connectivity index (χ1v) is 9.94. The van der Waals surface area contributed by atoms with Crippen molar-refractivity contribution in [3.63, 3.8) is 0 Å². The predicted molar refractivity (Wildman–Crippen MR) is 114 cm³/mol. The van der Waals surface area contributed by atoms with Gasteiger partial charge in [0.15, 0.2) is 11.5 Å². The van der Waals surface area contributed by atoms with Crippen LogP contribution in [0.3, 0.4) is 0 Å². The van der Waals surface area contributed by atoms with Crippen LogP contribution in [-0.2, 0) is 4.79 Å². The van der Waals surface area contributed by atoms with E-state index in [0.717, 1.165) is 6.42 Å². The molecular formula is C22H25N3O5. The van der Waals surface area contributed by atoms with E-state index in [1.807, 2.05) is 20.8 Å². The lowest BCUT2D eigenvalue weighted by molar-refractivity contribution is -0.127. The first kappa shape index (κ1) is 19.9. The Hall–Kier alpha value is -3.42. The maximum absolute atomic E-state index is 12.9. The minimum Gasteiger partial charge on any atom is -0.490 e. The van der Waals surface area contributed by atoms with Crippen LogP contribution in [0, 0.1) is 5.41 Å². The average Bonchev–Trinajstić information content (AvgIpc) is 3.15. The molecule has 2 N–H and O–H groups in total. The van der Waals surface area contributed by atoms with Gasteiger partial charge in [0.1, 0.15) is 12.4 Å². The summed E-state index contributed by atoms with van der Waals surface area (Å²) in [6.45, 7) is 6.84. The van der Waals surface area contributed by atoms with Gasteiger partial charge >= 0.3 is 6.03 Å². The van der Waals surface area contributed by atoms with Crippen LogP contribution in [0.5, 0.6) is 17.2 Å². The van der Waals surface area contributed by atoms with Crippen molar-refractivity contribution in [1.29, 1.82) is 0 Å². The number of benzene rings is 2. The Bertz CT molecular complexity index is 989. The summed E-state index contributed by atoms with van der Waals surface area (Å²) < 4.78 is 16.5. The Balaban J connectivity index is 1.50. The van der Waals surface area contributed by atoms with E-state index in [9.17, 15) is 9.59 Å². The van der Waals surface area contributed by atoms with Crippen LogP contribution in [0.15, 0.2) is 36.4 Å². The van der Waals surface area contributed by atoms with Gasteiger partial charge < -0.3 is 29.7 Å². The van der Waals surface area contributed by atoms with Gasteiger partial charge in [-0.25, -0.2) is 4.79 Å². The van der Waals surface area contributed by atoms with Gasteiger partial charge in [-0.15, -0.1) is 0 Å². The Kier molecular flexibility index (Phi) is 5.15. The zero-order valence-electron chi connectivity index (χ0n) is 17.3. The molecule has 8 heteroatoms. The molecule has 0 bridgehead atoms. The predicted octanol–water partition coefficient (Wildman–Crippen LogP) is 4.22. The van der Waals surface area contributed by atoms with Crippen LogP contribution in [-0.4, -0.2) is 31.9 Å². The molecule has 2 aromatic carbocycles. The molecule has 0 atom stereocenters. The number of amides is 3. The van der Waals surface area contributed by atoms with E-state index in [-0.39, 0.29) is 19.3 Å². The summed E-state index contributed by atoms with van der Waals surface area (Å²) in [4.78, 5) is 27.1. The van der Waals surface area contributed by atoms with Crippen LogP contribution >= 0.6 is 0 Å². The normalized spacial score (nSPS) is 16.4. The van der Waals surface area contributed by atoms with E-state index in [4.69, 9.17) is 14.2 Å². The molecule has 8 nitrogen and oxygen atoms in total. The van der Waals surface area contributed by atoms with E-state index < -0.39 is 11.4 Å². The number of hydrogen-bond acceptors (Lipinski definition) is 5. The van der Waals surface area contributed by atoms with Gasteiger partial charge in [0, 0.05) is 30.1 Å². The molecule has 0 spiro atoms. The van der Waals surface area contributed by atoms with Gasteiger partial charge in [0.05, 0.1) is 11.1 Å². The third-order valence-electron chi connectivity index (χ3n) is 5.00. The number of fused-ring (bicyclic) bond motifs is 2. The maximum Gasteiger partial charge on any atom is 0.323 e. The molecule has 2 aliphatic heterocycles. The molecule has 0 saturated heterocycles. The van der Waals surface area contributed by atoms with Crippen LogP contribution in [0.4, 0.5) is 21.9 Å². The van der Waals surface area contributed by atoms with E-state index in [0.29, 0.717) is 40.9 Å². The zero-order chi connectivity index (χ0) is 21.3. The van der Waals surface area contributed by atoms with Crippen molar-refractivity contribution in [2.75, 3.05) is 35.5 Å². The summed E-state index contributed by atoms with van der Waals surface area (Å²) in [7, 11) is 0. The summed E-state index contributed by atoms with van der Waals surface area (Å²) in [6, 6.07) is 10.1. The Morgan fingerprint density at radius 2 is 1.67 bits per heavy atom. The van der Waals surface area contributed by atoms with Crippen molar-refractivity contribution in [3.8, 4) is 17.2 Å². The van der Waals surface area contributed by atoms with Crippen LogP contribution in [0.2, 0.25) is 0 Å². The van der Waals surface area contributed by atoms with Gasteiger partial charge in [-0.2, -0.15) is 0 Å². The number of nitrogens with zero attached hydrogens (tertiary/aromatic N) is 1. The van der Waals surface area contributed by atoms with E-state index in [2.05, 4.69) is 10.6 Å². The van der Waals surface area contributed by atoms with Crippen molar-refractivity contribution in [3.05, 3.63) is 36.4 Å². The highest BCUT2D eigenvalue weighted by molar-refractivity contribution is 6.02. The fourth-order valence-electron chi connectivity index (χ4n) is 3.44. The molecule has 2 heterocycles. The molecule has 2 aromatic rings. The second-order valence-corrected chi connectivity index (χ2v) is 7.96. The molecule has 0 radical (unpaired) electrons. The largest absolute Gasteiger partial charge is 0.490 e. The van der Waals surface area contributed by atoms with Crippen LogP contribution in [0.25, 0.3) is 0 Å². The number of ether oxygens (including phenoxy) is 3. The molecule has 0 fully saturated rings. The SMILES string of the molecule is CCCN1C(=O)C(C)(C)COc2cc(NC(=O)Nc3ccc4c(c3)OCO4)ccc21. The Labute approximate surface area is 175 Å². The number of anilines is 3. The van der Waals surface area contributed by atoms with E-state index in [1.165, 1.54) is 0 Å². The van der Waals surface area contributed by atoms with Crippen molar-refractivity contribution in [2.24, 2.45) is 5.41 Å². The molecule has 158 valence electrons. The first-order valence-electron chi connectivity index (χ1n) is 9.94. The number of rotatable bonds is 4. The van der Waals surface area contributed by atoms with Gasteiger partial charge in [-0.3, -0.25) is 4.79 Å². The molecule has 0 aliphatic carbocycles. The quantitative estimate of drug-likeness (QED) is 0.786. The van der Waals surface area contributed by atoms with Gasteiger partial charge in [-0.1, -0.05) is 6.92 Å². The monoisotopic (exact) mass is 411 g/mol. The number of carbonyl (C=O) groups excluding carboxylic acids is 2. The maximum atomic E-state index is 12.9. The van der Waals surface area contributed by atoms with Crippen molar-refractivity contribution in [2.45, 2.75) is 27.2 Å². The third kappa shape index (κ3) is 3.85. The summed E-state index contributed by atoms with van der Waals surface area (Å²) >= 11 is 0. The molecule has 0 saturated carbocycles. The van der Waals surface area contributed by atoms with Crippen LogP contribution in [0.1, 0.15) is 27.2 Å². The molecule has 30 heavy (non-hydrogen) atoms. The van der Waals surface area contributed by atoms with E-state index >= 15 is 0 Å². The highest BCUT2D eigenvalue weighted by Gasteiger charge is 2.37. The topological polar surface area (TPSA) is 89.1 Å².